The third-order valence-corrected chi connectivity index (χ3v) is 6.39. The normalized spacial score (nSPS) is 15.9. The predicted octanol–water partition coefficient (Wildman–Crippen LogP) is 4.47. The molecule has 0 spiro atoms. The number of nitrogens with one attached hydrogen (secondary N) is 1. The van der Waals surface area contributed by atoms with E-state index in [1.165, 1.54) is 12.1 Å². The van der Waals surface area contributed by atoms with Crippen LogP contribution in [0.1, 0.15) is 43.5 Å². The van der Waals surface area contributed by atoms with Gasteiger partial charge in [-0.15, -0.1) is 0 Å². The second-order valence-electron chi connectivity index (χ2n) is 8.74. The molecular formula is C26H34N4O6. The summed E-state index contributed by atoms with van der Waals surface area (Å²) in [6, 6.07) is 8.14. The average Bonchev–Trinajstić information content (AvgIpc) is 2.91. The van der Waals surface area contributed by atoms with Gasteiger partial charge in [0.05, 0.1) is 54.0 Å². The van der Waals surface area contributed by atoms with Crippen LogP contribution in [-0.2, 0) is 4.74 Å². The number of nitrogens with zero attached hydrogens (tertiary/aromatic N) is 3. The lowest BCUT2D eigenvalue weighted by Crippen LogP contribution is -2.36. The Bertz CT molecular complexity index is 1080. The van der Waals surface area contributed by atoms with Crippen molar-refractivity contribution in [3.8, 4) is 11.5 Å². The standard InChI is InChI=1S/C26H34N4O6/c1-3-35-24-18-23(29-12-14-34-15-13-29)25(36-4-2)17-21(24)27-26(31)20-16-19(30(32)33)8-9-22(20)28-10-6-5-7-11-28/h8-9,16-18H,3-7,10-15H2,1-2H3,(H,27,31). The number of nitro benzene ring substituents is 1. The van der Waals surface area contributed by atoms with Crippen molar-refractivity contribution in [3.63, 3.8) is 0 Å². The van der Waals surface area contributed by atoms with Crippen LogP contribution in [0.25, 0.3) is 0 Å². The van der Waals surface area contributed by atoms with Gasteiger partial charge in [-0.3, -0.25) is 14.9 Å². The number of hydrogen-bond acceptors (Lipinski definition) is 8. The number of morpholine rings is 1. The molecule has 1 N–H and O–H groups in total. The molecule has 10 nitrogen and oxygen atoms in total. The zero-order valence-electron chi connectivity index (χ0n) is 21.0. The lowest BCUT2D eigenvalue weighted by atomic mass is 10.1. The van der Waals surface area contributed by atoms with E-state index < -0.39 is 10.8 Å². The molecule has 0 saturated carbocycles. The van der Waals surface area contributed by atoms with E-state index in [0.717, 1.165) is 51.1 Å². The maximum atomic E-state index is 13.6. The van der Waals surface area contributed by atoms with Crippen molar-refractivity contribution in [2.24, 2.45) is 0 Å². The van der Waals surface area contributed by atoms with Crippen LogP contribution in [0.4, 0.5) is 22.7 Å². The molecular weight excluding hydrogens is 464 g/mol. The van der Waals surface area contributed by atoms with Gasteiger partial charge in [-0.25, -0.2) is 0 Å². The first-order chi connectivity index (χ1) is 17.5. The first-order valence-corrected chi connectivity index (χ1v) is 12.6. The van der Waals surface area contributed by atoms with Crippen LogP contribution in [-0.4, -0.2) is 63.4 Å². The molecule has 0 bridgehead atoms. The van der Waals surface area contributed by atoms with Crippen LogP contribution in [0, 0.1) is 10.1 Å². The molecule has 0 unspecified atom stereocenters. The molecule has 2 aromatic carbocycles. The molecule has 0 radical (unpaired) electrons. The van der Waals surface area contributed by atoms with E-state index in [0.29, 0.717) is 49.3 Å². The lowest BCUT2D eigenvalue weighted by Gasteiger charge is -2.31. The van der Waals surface area contributed by atoms with E-state index in [2.05, 4.69) is 15.1 Å². The fraction of sp³-hybridized carbons (Fsp3) is 0.500. The van der Waals surface area contributed by atoms with Gasteiger partial charge in [0.15, 0.2) is 0 Å². The number of carbonyl (C=O) groups is 1. The van der Waals surface area contributed by atoms with Crippen molar-refractivity contribution in [1.82, 2.24) is 0 Å². The number of piperidine rings is 1. The summed E-state index contributed by atoms with van der Waals surface area (Å²) in [5.74, 6) is 0.719. The van der Waals surface area contributed by atoms with Gasteiger partial charge in [-0.05, 0) is 39.2 Å². The topological polar surface area (TPSA) is 106 Å². The largest absolute Gasteiger partial charge is 0.492 e. The number of amides is 1. The van der Waals surface area contributed by atoms with Gasteiger partial charge in [0.1, 0.15) is 11.5 Å². The van der Waals surface area contributed by atoms with Crippen molar-refractivity contribution in [2.75, 3.05) is 67.7 Å². The van der Waals surface area contributed by atoms with Crippen molar-refractivity contribution < 1.29 is 23.9 Å². The summed E-state index contributed by atoms with van der Waals surface area (Å²) in [5.41, 5.74) is 2.18. The second-order valence-corrected chi connectivity index (χ2v) is 8.74. The average molecular weight is 499 g/mol. The SMILES string of the molecule is CCOc1cc(N2CCOCC2)c(OCC)cc1NC(=O)c1cc([N+](=O)[O-])ccc1N1CCCCC1. The highest BCUT2D eigenvalue weighted by atomic mass is 16.6. The van der Waals surface area contributed by atoms with E-state index in [-0.39, 0.29) is 11.3 Å². The van der Waals surface area contributed by atoms with Gasteiger partial charge >= 0.3 is 0 Å². The monoisotopic (exact) mass is 498 g/mol. The van der Waals surface area contributed by atoms with Gasteiger partial charge in [-0.1, -0.05) is 0 Å². The quantitative estimate of drug-likeness (QED) is 0.399. The van der Waals surface area contributed by atoms with Crippen molar-refractivity contribution in [2.45, 2.75) is 33.1 Å². The van der Waals surface area contributed by atoms with Gasteiger partial charge in [-0.2, -0.15) is 0 Å². The van der Waals surface area contributed by atoms with Gasteiger partial charge in [0, 0.05) is 50.4 Å². The fourth-order valence-electron chi connectivity index (χ4n) is 4.66. The second kappa shape index (κ2) is 11.9. The summed E-state index contributed by atoms with van der Waals surface area (Å²) in [4.78, 5) is 28.9. The summed E-state index contributed by atoms with van der Waals surface area (Å²) in [7, 11) is 0. The van der Waals surface area contributed by atoms with E-state index in [1.807, 2.05) is 19.9 Å². The van der Waals surface area contributed by atoms with E-state index >= 15 is 0 Å². The Labute approximate surface area is 211 Å². The molecule has 2 aromatic rings. The summed E-state index contributed by atoms with van der Waals surface area (Å²) in [6.45, 7) is 8.99. The molecule has 1 amide bonds. The number of anilines is 3. The Morgan fingerprint density at radius 3 is 2.28 bits per heavy atom. The zero-order valence-corrected chi connectivity index (χ0v) is 21.0. The van der Waals surface area contributed by atoms with Gasteiger partial charge < -0.3 is 29.3 Å². The molecule has 194 valence electrons. The van der Waals surface area contributed by atoms with Crippen molar-refractivity contribution in [1.29, 1.82) is 0 Å². The minimum atomic E-state index is -0.479. The number of hydrogen-bond donors (Lipinski definition) is 1. The van der Waals surface area contributed by atoms with Crippen molar-refractivity contribution >= 4 is 28.7 Å². The van der Waals surface area contributed by atoms with Crippen LogP contribution in [0.3, 0.4) is 0 Å². The molecule has 2 saturated heterocycles. The smallest absolute Gasteiger partial charge is 0.270 e. The number of benzene rings is 2. The predicted molar refractivity (Wildman–Crippen MR) is 139 cm³/mol. The molecule has 10 heteroatoms. The minimum Gasteiger partial charge on any atom is -0.492 e. The van der Waals surface area contributed by atoms with E-state index in [1.54, 1.807) is 12.1 Å². The molecule has 0 aromatic heterocycles. The van der Waals surface area contributed by atoms with E-state index in [9.17, 15) is 14.9 Å². The van der Waals surface area contributed by atoms with Crippen LogP contribution < -0.4 is 24.6 Å². The lowest BCUT2D eigenvalue weighted by molar-refractivity contribution is -0.384. The summed E-state index contributed by atoms with van der Waals surface area (Å²) in [6.07, 6.45) is 3.18. The molecule has 36 heavy (non-hydrogen) atoms. The number of ether oxygens (including phenoxy) is 3. The van der Waals surface area contributed by atoms with E-state index in [4.69, 9.17) is 14.2 Å². The number of rotatable bonds is 9. The van der Waals surface area contributed by atoms with Crippen LogP contribution in [0.5, 0.6) is 11.5 Å². The number of nitro groups is 1. The minimum absolute atomic E-state index is 0.122. The Hall–Kier alpha value is -3.53. The van der Waals surface area contributed by atoms with Crippen LogP contribution in [0.2, 0.25) is 0 Å². The highest BCUT2D eigenvalue weighted by molar-refractivity contribution is 6.09. The highest BCUT2D eigenvalue weighted by Crippen LogP contribution is 2.40. The third kappa shape index (κ3) is 5.81. The Balaban J connectivity index is 1.70. The first-order valence-electron chi connectivity index (χ1n) is 12.6. The molecule has 2 heterocycles. The number of carbonyl (C=O) groups excluding carboxylic acids is 1. The van der Waals surface area contributed by atoms with Crippen molar-refractivity contribution in [3.05, 3.63) is 46.0 Å². The fourth-order valence-corrected chi connectivity index (χ4v) is 4.66. The molecule has 2 aliphatic rings. The maximum Gasteiger partial charge on any atom is 0.270 e. The molecule has 4 rings (SSSR count). The highest BCUT2D eigenvalue weighted by Gasteiger charge is 2.25. The molecule has 0 aliphatic carbocycles. The van der Waals surface area contributed by atoms with Gasteiger partial charge in [0.25, 0.3) is 11.6 Å². The number of non-ortho nitro benzene ring substituents is 1. The summed E-state index contributed by atoms with van der Waals surface area (Å²) < 4.78 is 17.3. The maximum absolute atomic E-state index is 13.6. The Morgan fingerprint density at radius 2 is 1.61 bits per heavy atom. The summed E-state index contributed by atoms with van der Waals surface area (Å²) in [5, 5.41) is 14.4. The van der Waals surface area contributed by atoms with Crippen LogP contribution in [0.15, 0.2) is 30.3 Å². The Kier molecular flexibility index (Phi) is 8.48. The first kappa shape index (κ1) is 25.6. The molecule has 2 aliphatic heterocycles. The summed E-state index contributed by atoms with van der Waals surface area (Å²) >= 11 is 0. The zero-order chi connectivity index (χ0) is 25.5. The Morgan fingerprint density at radius 1 is 0.944 bits per heavy atom. The van der Waals surface area contributed by atoms with Crippen LogP contribution >= 0.6 is 0 Å². The third-order valence-electron chi connectivity index (χ3n) is 6.39. The molecule has 2 fully saturated rings. The van der Waals surface area contributed by atoms with Gasteiger partial charge in [0.2, 0.25) is 0 Å². The molecule has 0 atom stereocenters.